The van der Waals surface area contributed by atoms with Gasteiger partial charge in [0.1, 0.15) is 11.8 Å². The number of anilines is 1. The van der Waals surface area contributed by atoms with Crippen molar-refractivity contribution in [3.05, 3.63) is 75.7 Å². The summed E-state index contributed by atoms with van der Waals surface area (Å²) in [5.41, 5.74) is 1.12. The number of carbonyl (C=O) groups is 2. The molecule has 8 nitrogen and oxygen atoms in total. The van der Waals surface area contributed by atoms with Crippen LogP contribution in [0.1, 0.15) is 28.2 Å². The van der Waals surface area contributed by atoms with Gasteiger partial charge >= 0.3 is 0 Å². The SMILES string of the molecule is CCOc1ccc2nc(N3C(=O)C(O)=C(C(=O)c4cccs4)[C@@H]3c3cccc(OC)c3OC)sc2c1. The van der Waals surface area contributed by atoms with E-state index in [4.69, 9.17) is 14.2 Å². The molecule has 0 unspecified atom stereocenters. The van der Waals surface area contributed by atoms with Gasteiger partial charge in [0.05, 0.1) is 41.5 Å². The third-order valence-corrected chi connectivity index (χ3v) is 7.68. The van der Waals surface area contributed by atoms with Crippen LogP contribution in [0.15, 0.2) is 65.2 Å². The number of rotatable bonds is 8. The lowest BCUT2D eigenvalue weighted by Crippen LogP contribution is -2.31. The molecule has 5 rings (SSSR count). The number of aliphatic hydroxyl groups excluding tert-OH is 1. The maximum absolute atomic E-state index is 13.6. The highest BCUT2D eigenvalue weighted by Crippen LogP contribution is 2.48. The zero-order valence-electron chi connectivity index (χ0n) is 19.7. The first-order chi connectivity index (χ1) is 17.5. The molecule has 1 N–H and O–H groups in total. The zero-order chi connectivity index (χ0) is 25.4. The number of aromatic nitrogens is 1. The van der Waals surface area contributed by atoms with Gasteiger partial charge in [-0.15, -0.1) is 11.3 Å². The van der Waals surface area contributed by atoms with E-state index in [0.717, 1.165) is 4.70 Å². The number of ether oxygens (including phenoxy) is 3. The number of nitrogens with zero attached hydrogens (tertiary/aromatic N) is 2. The monoisotopic (exact) mass is 522 g/mol. The number of hydrogen-bond acceptors (Lipinski definition) is 9. The predicted octanol–water partition coefficient (Wildman–Crippen LogP) is 5.56. The fourth-order valence-electron chi connectivity index (χ4n) is 4.25. The van der Waals surface area contributed by atoms with Gasteiger partial charge in [0.15, 0.2) is 22.4 Å². The molecule has 0 radical (unpaired) electrons. The second kappa shape index (κ2) is 9.63. The van der Waals surface area contributed by atoms with Crippen molar-refractivity contribution < 1.29 is 28.9 Å². The molecule has 3 heterocycles. The molecule has 1 aliphatic rings. The fourth-order valence-corrected chi connectivity index (χ4v) is 5.95. The van der Waals surface area contributed by atoms with Gasteiger partial charge in [0.2, 0.25) is 5.78 Å². The number of hydrogen-bond donors (Lipinski definition) is 1. The van der Waals surface area contributed by atoms with Crippen LogP contribution >= 0.6 is 22.7 Å². The Morgan fingerprint density at radius 3 is 2.67 bits per heavy atom. The average molecular weight is 523 g/mol. The molecule has 0 spiro atoms. The molecule has 2 aromatic heterocycles. The van der Waals surface area contributed by atoms with Crippen LogP contribution in [-0.4, -0.2) is 42.6 Å². The standard InChI is InChI=1S/C26H22N2O6S2/c1-4-34-14-10-11-16-19(13-14)36-26(27-16)28-21(15-7-5-8-17(32-2)24(15)33-3)20(23(30)25(28)31)22(29)18-9-6-12-35-18/h5-13,21,30H,4H2,1-3H3/t21-/m0/s1. The summed E-state index contributed by atoms with van der Waals surface area (Å²) in [5, 5.41) is 13.1. The van der Waals surface area contributed by atoms with E-state index in [0.29, 0.717) is 44.9 Å². The summed E-state index contributed by atoms with van der Waals surface area (Å²) in [6, 6.07) is 13.1. The number of ketones is 1. The third kappa shape index (κ3) is 3.88. The molecule has 0 saturated carbocycles. The molecule has 10 heteroatoms. The maximum Gasteiger partial charge on any atom is 0.296 e. The van der Waals surface area contributed by atoms with E-state index in [9.17, 15) is 14.7 Å². The molecule has 2 aromatic carbocycles. The Labute approximate surface area is 215 Å². The Kier molecular flexibility index (Phi) is 6.38. The highest BCUT2D eigenvalue weighted by atomic mass is 32.1. The van der Waals surface area contributed by atoms with Crippen LogP contribution in [0.25, 0.3) is 10.2 Å². The number of Topliss-reactive ketones (excluding diaryl/α,β-unsaturated/α-hetero) is 1. The molecule has 0 bridgehead atoms. The van der Waals surface area contributed by atoms with E-state index in [2.05, 4.69) is 4.98 Å². The van der Waals surface area contributed by atoms with Crippen molar-refractivity contribution in [1.82, 2.24) is 4.98 Å². The summed E-state index contributed by atoms with van der Waals surface area (Å²) in [7, 11) is 2.99. The van der Waals surface area contributed by atoms with E-state index in [1.54, 1.807) is 35.7 Å². The van der Waals surface area contributed by atoms with Crippen LogP contribution in [0.5, 0.6) is 17.2 Å². The quantitative estimate of drug-likeness (QED) is 0.303. The number of fused-ring (bicyclic) bond motifs is 1. The third-order valence-electron chi connectivity index (χ3n) is 5.79. The second-order valence-corrected chi connectivity index (χ2v) is 9.74. The zero-order valence-corrected chi connectivity index (χ0v) is 21.3. The van der Waals surface area contributed by atoms with Crippen molar-refractivity contribution in [3.8, 4) is 17.2 Å². The largest absolute Gasteiger partial charge is 0.503 e. The van der Waals surface area contributed by atoms with Gasteiger partial charge in [-0.05, 0) is 42.6 Å². The topological polar surface area (TPSA) is 98.2 Å². The molecule has 184 valence electrons. The molecule has 1 aliphatic heterocycles. The van der Waals surface area contributed by atoms with Crippen molar-refractivity contribution >= 4 is 49.7 Å². The molecular weight excluding hydrogens is 500 g/mol. The van der Waals surface area contributed by atoms with E-state index in [-0.39, 0.29) is 5.57 Å². The van der Waals surface area contributed by atoms with Crippen molar-refractivity contribution in [2.24, 2.45) is 0 Å². The first kappa shape index (κ1) is 23.8. The number of aliphatic hydroxyl groups is 1. The van der Waals surface area contributed by atoms with Gasteiger partial charge in [0, 0.05) is 5.56 Å². The normalized spacial score (nSPS) is 15.6. The summed E-state index contributed by atoms with van der Waals surface area (Å²) in [6.45, 7) is 2.42. The van der Waals surface area contributed by atoms with E-state index in [1.807, 2.05) is 25.1 Å². The molecule has 1 amide bonds. The summed E-state index contributed by atoms with van der Waals surface area (Å²) in [4.78, 5) is 33.5. The van der Waals surface area contributed by atoms with E-state index < -0.39 is 23.5 Å². The minimum absolute atomic E-state index is 0.0386. The van der Waals surface area contributed by atoms with Crippen LogP contribution in [0.4, 0.5) is 5.13 Å². The van der Waals surface area contributed by atoms with Crippen LogP contribution in [0.3, 0.4) is 0 Å². The lowest BCUT2D eigenvalue weighted by molar-refractivity contribution is -0.117. The van der Waals surface area contributed by atoms with Crippen molar-refractivity contribution in [2.45, 2.75) is 13.0 Å². The van der Waals surface area contributed by atoms with Crippen LogP contribution < -0.4 is 19.1 Å². The Hall–Kier alpha value is -3.89. The molecular formula is C26H22N2O6S2. The highest BCUT2D eigenvalue weighted by molar-refractivity contribution is 7.22. The molecule has 0 fully saturated rings. The minimum Gasteiger partial charge on any atom is -0.503 e. The number of carbonyl (C=O) groups excluding carboxylic acids is 2. The van der Waals surface area contributed by atoms with Gasteiger partial charge in [-0.25, -0.2) is 4.98 Å². The van der Waals surface area contributed by atoms with E-state index in [1.165, 1.54) is 41.8 Å². The van der Waals surface area contributed by atoms with Gasteiger partial charge in [-0.3, -0.25) is 14.5 Å². The number of thiazole rings is 1. The number of methoxy groups -OCH3 is 2. The van der Waals surface area contributed by atoms with E-state index >= 15 is 0 Å². The molecule has 1 atom stereocenters. The lowest BCUT2D eigenvalue weighted by atomic mass is 9.94. The minimum atomic E-state index is -0.982. The van der Waals surface area contributed by atoms with Crippen LogP contribution in [-0.2, 0) is 4.79 Å². The fraction of sp³-hybridized carbons (Fsp3) is 0.192. The van der Waals surface area contributed by atoms with Gasteiger partial charge in [-0.2, -0.15) is 0 Å². The van der Waals surface area contributed by atoms with Gasteiger partial charge in [0.25, 0.3) is 5.91 Å². The summed E-state index contributed by atoms with van der Waals surface area (Å²) in [5.74, 6) is -0.288. The van der Waals surface area contributed by atoms with Crippen molar-refractivity contribution in [3.63, 3.8) is 0 Å². The Balaban J connectivity index is 1.70. The van der Waals surface area contributed by atoms with Crippen molar-refractivity contribution in [2.75, 3.05) is 25.7 Å². The number of para-hydroxylation sites is 1. The van der Waals surface area contributed by atoms with Crippen LogP contribution in [0.2, 0.25) is 0 Å². The van der Waals surface area contributed by atoms with Gasteiger partial charge < -0.3 is 19.3 Å². The Morgan fingerprint density at radius 2 is 1.97 bits per heavy atom. The predicted molar refractivity (Wildman–Crippen MR) is 139 cm³/mol. The lowest BCUT2D eigenvalue weighted by Gasteiger charge is -2.26. The molecule has 0 aliphatic carbocycles. The maximum atomic E-state index is 13.6. The summed E-state index contributed by atoms with van der Waals surface area (Å²) < 4.78 is 17.5. The number of amides is 1. The number of thiophene rings is 1. The molecule has 4 aromatic rings. The average Bonchev–Trinajstić information content (AvgIpc) is 3.62. The number of benzene rings is 2. The molecule has 0 saturated heterocycles. The highest BCUT2D eigenvalue weighted by Gasteiger charge is 2.47. The first-order valence-electron chi connectivity index (χ1n) is 11.1. The van der Waals surface area contributed by atoms with Crippen molar-refractivity contribution in [1.29, 1.82) is 0 Å². The van der Waals surface area contributed by atoms with Gasteiger partial charge in [-0.1, -0.05) is 29.5 Å². The molecule has 36 heavy (non-hydrogen) atoms. The summed E-state index contributed by atoms with van der Waals surface area (Å²) in [6.07, 6.45) is 0. The Bertz CT molecular complexity index is 1490. The summed E-state index contributed by atoms with van der Waals surface area (Å²) >= 11 is 2.50. The smallest absolute Gasteiger partial charge is 0.296 e. The second-order valence-electron chi connectivity index (χ2n) is 7.79. The first-order valence-corrected chi connectivity index (χ1v) is 12.8. The Morgan fingerprint density at radius 1 is 1.14 bits per heavy atom. The van der Waals surface area contributed by atoms with Crippen LogP contribution in [0, 0.1) is 0 Å².